The van der Waals surface area contributed by atoms with Gasteiger partial charge in [-0.3, -0.25) is 4.79 Å². The Hall–Kier alpha value is -1.93. The van der Waals surface area contributed by atoms with Crippen molar-refractivity contribution in [3.8, 4) is 0 Å². The Labute approximate surface area is 148 Å². The zero-order valence-electron chi connectivity index (χ0n) is 14.5. The summed E-state index contributed by atoms with van der Waals surface area (Å²) in [6, 6.07) is 5.71. The third-order valence-electron chi connectivity index (χ3n) is 4.49. The molecule has 1 aromatic carbocycles. The number of rotatable bonds is 6. The van der Waals surface area contributed by atoms with Crippen molar-refractivity contribution in [3.05, 3.63) is 29.8 Å². The van der Waals surface area contributed by atoms with E-state index < -0.39 is 16.0 Å². The summed E-state index contributed by atoms with van der Waals surface area (Å²) in [6.07, 6.45) is 5.35. The van der Waals surface area contributed by atoms with Gasteiger partial charge in [0.2, 0.25) is 10.0 Å². The number of sulfonamides is 1. The van der Waals surface area contributed by atoms with Crippen LogP contribution in [0.1, 0.15) is 42.5 Å². The first-order valence-electron chi connectivity index (χ1n) is 8.31. The Bertz CT molecular complexity index is 726. The number of carbonyl (C=O) groups excluding carboxylic acids is 2. The Kier molecular flexibility index (Phi) is 6.55. The number of likely N-dealkylation sites (N-methyl/N-ethyl adjacent to an activating group) is 1. The van der Waals surface area contributed by atoms with E-state index in [4.69, 9.17) is 4.74 Å². The minimum Gasteiger partial charge on any atom is -0.452 e. The number of hydrogen-bond acceptors (Lipinski definition) is 5. The number of nitrogens with one attached hydrogen (secondary N) is 1. The highest BCUT2D eigenvalue weighted by atomic mass is 32.2. The minimum atomic E-state index is -3.65. The molecule has 0 heterocycles. The van der Waals surface area contributed by atoms with Gasteiger partial charge in [0.05, 0.1) is 10.5 Å². The van der Waals surface area contributed by atoms with Gasteiger partial charge in [-0.15, -0.1) is 0 Å². The molecule has 1 aliphatic carbocycles. The van der Waals surface area contributed by atoms with E-state index in [1.165, 1.54) is 37.7 Å². The maximum atomic E-state index is 12.2. The zero-order chi connectivity index (χ0) is 18.4. The monoisotopic (exact) mass is 368 g/mol. The molecule has 0 unspecified atom stereocenters. The van der Waals surface area contributed by atoms with Crippen LogP contribution < -0.4 is 4.72 Å². The average molecular weight is 368 g/mol. The highest BCUT2D eigenvalue weighted by molar-refractivity contribution is 7.89. The standard InChI is InChI=1S/C17H24N2O5S/c1-18-25(22,23)15-10-6-7-13(11-15)17(21)24-12-16(20)19(2)14-8-4-3-5-9-14/h6-7,10-11,14,18H,3-5,8-9,12H2,1-2H3. The molecule has 138 valence electrons. The van der Waals surface area contributed by atoms with E-state index >= 15 is 0 Å². The van der Waals surface area contributed by atoms with E-state index in [2.05, 4.69) is 4.72 Å². The van der Waals surface area contributed by atoms with Crippen molar-refractivity contribution in [1.82, 2.24) is 9.62 Å². The lowest BCUT2D eigenvalue weighted by Gasteiger charge is -2.31. The summed E-state index contributed by atoms with van der Waals surface area (Å²) in [5, 5.41) is 0. The molecular weight excluding hydrogens is 344 g/mol. The predicted molar refractivity (Wildman–Crippen MR) is 92.6 cm³/mol. The van der Waals surface area contributed by atoms with Crippen LogP contribution in [0.15, 0.2) is 29.2 Å². The Balaban J connectivity index is 1.96. The maximum absolute atomic E-state index is 12.2. The predicted octanol–water partition coefficient (Wildman–Crippen LogP) is 1.54. The summed E-state index contributed by atoms with van der Waals surface area (Å²) in [6.45, 7) is -0.352. The summed E-state index contributed by atoms with van der Waals surface area (Å²) in [4.78, 5) is 25.9. The zero-order valence-corrected chi connectivity index (χ0v) is 15.3. The normalized spacial score (nSPS) is 15.6. The van der Waals surface area contributed by atoms with E-state index in [0.29, 0.717) is 0 Å². The molecule has 1 N–H and O–H groups in total. The number of nitrogens with zero attached hydrogens (tertiary/aromatic N) is 1. The van der Waals surface area contributed by atoms with Crippen molar-refractivity contribution >= 4 is 21.9 Å². The lowest BCUT2D eigenvalue weighted by atomic mass is 9.94. The van der Waals surface area contributed by atoms with Gasteiger partial charge in [0.25, 0.3) is 5.91 Å². The smallest absolute Gasteiger partial charge is 0.338 e. The van der Waals surface area contributed by atoms with Gasteiger partial charge in [0.1, 0.15) is 0 Å². The molecule has 0 spiro atoms. The molecule has 0 radical (unpaired) electrons. The number of amides is 1. The van der Waals surface area contributed by atoms with Crippen LogP contribution in [0.3, 0.4) is 0 Å². The average Bonchev–Trinajstić information content (AvgIpc) is 2.66. The van der Waals surface area contributed by atoms with Crippen molar-refractivity contribution in [1.29, 1.82) is 0 Å². The van der Waals surface area contributed by atoms with Crippen molar-refractivity contribution in [2.75, 3.05) is 20.7 Å². The van der Waals surface area contributed by atoms with E-state index in [1.54, 1.807) is 11.9 Å². The van der Waals surface area contributed by atoms with E-state index in [9.17, 15) is 18.0 Å². The molecule has 0 bridgehead atoms. The summed E-state index contributed by atoms with van der Waals surface area (Å²) < 4.78 is 30.8. The van der Waals surface area contributed by atoms with Crippen LogP contribution >= 0.6 is 0 Å². The number of carbonyl (C=O) groups is 2. The van der Waals surface area contributed by atoms with E-state index in [-0.39, 0.29) is 29.0 Å². The van der Waals surface area contributed by atoms with Gasteiger partial charge in [-0.2, -0.15) is 0 Å². The van der Waals surface area contributed by atoms with Gasteiger partial charge in [0, 0.05) is 13.1 Å². The number of benzene rings is 1. The van der Waals surface area contributed by atoms with Crippen LogP contribution in [-0.2, 0) is 19.6 Å². The Morgan fingerprint density at radius 2 is 1.92 bits per heavy atom. The van der Waals surface area contributed by atoms with Gasteiger partial charge in [-0.05, 0) is 38.1 Å². The second-order valence-electron chi connectivity index (χ2n) is 6.11. The highest BCUT2D eigenvalue weighted by Crippen LogP contribution is 2.21. The largest absolute Gasteiger partial charge is 0.452 e. The summed E-state index contributed by atoms with van der Waals surface area (Å²) in [7, 11) is -0.626. The fourth-order valence-corrected chi connectivity index (χ4v) is 3.67. The summed E-state index contributed by atoms with van der Waals surface area (Å²) in [5.41, 5.74) is 0.0874. The summed E-state index contributed by atoms with van der Waals surface area (Å²) >= 11 is 0. The second kappa shape index (κ2) is 8.44. The molecule has 0 saturated heterocycles. The molecule has 1 aromatic rings. The second-order valence-corrected chi connectivity index (χ2v) is 7.99. The van der Waals surface area contributed by atoms with Crippen LogP contribution in [0.2, 0.25) is 0 Å². The Morgan fingerprint density at radius 3 is 2.56 bits per heavy atom. The molecule has 1 fully saturated rings. The van der Waals surface area contributed by atoms with Gasteiger partial charge < -0.3 is 9.64 Å². The fraction of sp³-hybridized carbons (Fsp3) is 0.529. The number of hydrogen-bond donors (Lipinski definition) is 1. The number of ether oxygens (including phenoxy) is 1. The molecule has 8 heteroatoms. The van der Waals surface area contributed by atoms with E-state index in [0.717, 1.165) is 25.7 Å². The molecule has 0 aliphatic heterocycles. The first-order valence-corrected chi connectivity index (χ1v) is 9.80. The molecule has 1 aliphatic rings. The fourth-order valence-electron chi connectivity index (χ4n) is 2.89. The maximum Gasteiger partial charge on any atom is 0.338 e. The van der Waals surface area contributed by atoms with Crippen LogP contribution in [0, 0.1) is 0 Å². The van der Waals surface area contributed by atoms with Crippen LogP contribution in [0.4, 0.5) is 0 Å². The first-order chi connectivity index (χ1) is 11.8. The van der Waals surface area contributed by atoms with Crippen molar-refractivity contribution < 1.29 is 22.7 Å². The van der Waals surface area contributed by atoms with Gasteiger partial charge >= 0.3 is 5.97 Å². The van der Waals surface area contributed by atoms with Gasteiger partial charge in [-0.1, -0.05) is 25.3 Å². The van der Waals surface area contributed by atoms with Crippen LogP contribution in [0.25, 0.3) is 0 Å². The lowest BCUT2D eigenvalue weighted by Crippen LogP contribution is -2.40. The van der Waals surface area contributed by atoms with Gasteiger partial charge in [0.15, 0.2) is 6.61 Å². The topological polar surface area (TPSA) is 92.8 Å². The molecule has 7 nitrogen and oxygen atoms in total. The molecule has 1 amide bonds. The molecule has 1 saturated carbocycles. The molecule has 0 aromatic heterocycles. The number of esters is 1. The minimum absolute atomic E-state index is 0.0323. The van der Waals surface area contributed by atoms with Crippen LogP contribution in [-0.4, -0.2) is 51.9 Å². The molecule has 25 heavy (non-hydrogen) atoms. The Morgan fingerprint density at radius 1 is 1.24 bits per heavy atom. The van der Waals surface area contributed by atoms with Gasteiger partial charge in [-0.25, -0.2) is 17.9 Å². The SMILES string of the molecule is CNS(=O)(=O)c1cccc(C(=O)OCC(=O)N(C)C2CCCCC2)c1. The molecular formula is C17H24N2O5S. The quantitative estimate of drug-likeness (QED) is 0.769. The molecule has 2 rings (SSSR count). The van der Waals surface area contributed by atoms with Crippen molar-refractivity contribution in [3.63, 3.8) is 0 Å². The third-order valence-corrected chi connectivity index (χ3v) is 5.90. The highest BCUT2D eigenvalue weighted by Gasteiger charge is 2.23. The first kappa shape index (κ1) is 19.4. The van der Waals surface area contributed by atoms with Crippen molar-refractivity contribution in [2.24, 2.45) is 0 Å². The van der Waals surface area contributed by atoms with E-state index in [1.807, 2.05) is 0 Å². The van der Waals surface area contributed by atoms with Crippen LogP contribution in [0.5, 0.6) is 0 Å². The van der Waals surface area contributed by atoms with Crippen molar-refractivity contribution in [2.45, 2.75) is 43.0 Å². The lowest BCUT2D eigenvalue weighted by molar-refractivity contribution is -0.135. The summed E-state index contributed by atoms with van der Waals surface area (Å²) in [5.74, 6) is -0.974. The molecule has 0 atom stereocenters. The third kappa shape index (κ3) is 5.02.